The van der Waals surface area contributed by atoms with Gasteiger partial charge in [0.2, 0.25) is 5.78 Å². The maximum Gasteiger partial charge on any atom is 0.303 e. The van der Waals surface area contributed by atoms with Crippen LogP contribution in [0.1, 0.15) is 59.8 Å². The number of carbonyl (C=O) groups is 4. The Morgan fingerprint density at radius 2 is 1.88 bits per heavy atom. The van der Waals surface area contributed by atoms with E-state index in [-0.39, 0.29) is 30.0 Å². The van der Waals surface area contributed by atoms with E-state index in [2.05, 4.69) is 6.92 Å². The molecule has 4 aliphatic rings. The summed E-state index contributed by atoms with van der Waals surface area (Å²) in [6.07, 6.45) is 7.62. The van der Waals surface area contributed by atoms with E-state index >= 15 is 0 Å². The third-order valence-electron chi connectivity index (χ3n) is 8.65. The molecule has 1 N–H and O–H groups in total. The lowest BCUT2D eigenvalue weighted by Gasteiger charge is -2.57. The second-order valence-electron chi connectivity index (χ2n) is 10.3. The van der Waals surface area contributed by atoms with Crippen molar-refractivity contribution in [3.8, 4) is 0 Å². The third kappa shape index (κ3) is 3.19. The first-order valence-electron chi connectivity index (χ1n) is 11.4. The molecule has 0 aromatic carbocycles. The number of aliphatic hydroxyl groups excluding tert-OH is 1. The number of fused-ring (bicyclic) bond motifs is 5. The maximum absolute atomic E-state index is 13.7. The Morgan fingerprint density at radius 1 is 1.16 bits per heavy atom. The van der Waals surface area contributed by atoms with Gasteiger partial charge in [-0.25, -0.2) is 0 Å². The SMILES string of the molecule is CC(=O)OCC(=O)[C@@]1(OC(C)=O)CC[C@H]2[C@@H]3CCC4=CC(O)C=C[C@]4(C)[C@H]3C(=O)C[C@@]21C. The van der Waals surface area contributed by atoms with Crippen LogP contribution in [0.2, 0.25) is 0 Å². The fraction of sp³-hybridized carbons (Fsp3) is 0.680. The summed E-state index contributed by atoms with van der Waals surface area (Å²) in [5.74, 6) is -1.74. The molecule has 0 spiro atoms. The van der Waals surface area contributed by atoms with Crippen molar-refractivity contribution in [3.05, 3.63) is 23.8 Å². The molecule has 0 aliphatic heterocycles. The van der Waals surface area contributed by atoms with Crippen LogP contribution in [0.4, 0.5) is 0 Å². The quantitative estimate of drug-likeness (QED) is 0.525. The predicted octanol–water partition coefficient (Wildman–Crippen LogP) is 2.70. The molecule has 4 rings (SSSR count). The molecule has 0 saturated heterocycles. The summed E-state index contributed by atoms with van der Waals surface area (Å²) in [7, 11) is 0. The largest absolute Gasteiger partial charge is 0.458 e. The van der Waals surface area contributed by atoms with Gasteiger partial charge in [-0.3, -0.25) is 19.2 Å². The summed E-state index contributed by atoms with van der Waals surface area (Å²) in [6, 6.07) is 0. The molecule has 3 fully saturated rings. The predicted molar refractivity (Wildman–Crippen MR) is 114 cm³/mol. The van der Waals surface area contributed by atoms with E-state index < -0.39 is 46.9 Å². The second-order valence-corrected chi connectivity index (χ2v) is 10.3. The normalized spacial score (nSPS) is 42.3. The minimum atomic E-state index is -1.48. The van der Waals surface area contributed by atoms with Gasteiger partial charge in [0.15, 0.2) is 12.2 Å². The smallest absolute Gasteiger partial charge is 0.303 e. The molecule has 0 aromatic rings. The van der Waals surface area contributed by atoms with Gasteiger partial charge >= 0.3 is 11.9 Å². The minimum absolute atomic E-state index is 0.0180. The van der Waals surface area contributed by atoms with E-state index in [1.807, 2.05) is 19.1 Å². The lowest BCUT2D eigenvalue weighted by atomic mass is 9.46. The van der Waals surface area contributed by atoms with Gasteiger partial charge in [-0.15, -0.1) is 0 Å². The molecule has 32 heavy (non-hydrogen) atoms. The monoisotopic (exact) mass is 444 g/mol. The number of allylic oxidation sites excluding steroid dienone is 2. The number of hydrogen-bond acceptors (Lipinski definition) is 7. The maximum atomic E-state index is 13.7. The Bertz CT molecular complexity index is 933. The van der Waals surface area contributed by atoms with Gasteiger partial charge in [0.05, 0.1) is 6.10 Å². The average molecular weight is 445 g/mol. The first kappa shape index (κ1) is 22.9. The third-order valence-corrected chi connectivity index (χ3v) is 8.65. The molecule has 0 bridgehead atoms. The number of ketones is 2. The van der Waals surface area contributed by atoms with Crippen LogP contribution in [-0.4, -0.2) is 46.9 Å². The van der Waals surface area contributed by atoms with Crippen molar-refractivity contribution < 1.29 is 33.8 Å². The zero-order valence-electron chi connectivity index (χ0n) is 19.2. The molecule has 7 nitrogen and oxygen atoms in total. The van der Waals surface area contributed by atoms with Crippen molar-refractivity contribution in [2.75, 3.05) is 6.61 Å². The lowest BCUT2D eigenvalue weighted by molar-refractivity contribution is -0.191. The van der Waals surface area contributed by atoms with E-state index in [0.29, 0.717) is 12.8 Å². The fourth-order valence-electron chi connectivity index (χ4n) is 7.35. The van der Waals surface area contributed by atoms with Gasteiger partial charge in [0.25, 0.3) is 0 Å². The highest BCUT2D eigenvalue weighted by Crippen LogP contribution is 2.67. The van der Waals surface area contributed by atoms with E-state index in [4.69, 9.17) is 9.47 Å². The molecule has 1 unspecified atom stereocenters. The van der Waals surface area contributed by atoms with Crippen molar-refractivity contribution in [3.63, 3.8) is 0 Å². The highest BCUT2D eigenvalue weighted by atomic mass is 16.6. The summed E-state index contributed by atoms with van der Waals surface area (Å²) >= 11 is 0. The van der Waals surface area contributed by atoms with Gasteiger partial charge in [-0.2, -0.15) is 0 Å². The number of ether oxygens (including phenoxy) is 2. The number of carbonyl (C=O) groups excluding carboxylic acids is 4. The molecule has 0 heterocycles. The lowest BCUT2D eigenvalue weighted by Crippen LogP contribution is -2.62. The molecule has 7 heteroatoms. The van der Waals surface area contributed by atoms with Crippen molar-refractivity contribution in [2.45, 2.75) is 71.5 Å². The van der Waals surface area contributed by atoms with Gasteiger partial charge in [-0.05, 0) is 37.5 Å². The topological polar surface area (TPSA) is 107 Å². The number of rotatable bonds is 4. The summed E-state index contributed by atoms with van der Waals surface area (Å²) in [5, 5.41) is 10.0. The standard InChI is InChI=1S/C25H32O7/c1-14(26)31-13-21(30)25(32-15(2)27)10-8-19-18-6-5-16-11-17(28)7-9-23(16,3)22(18)20(29)12-24(19,25)4/h7,9,11,17-19,22,28H,5-6,8,10,12-13H2,1-4H3/t17?,18-,19-,22+,23-,24-,25-/m0/s1. The van der Waals surface area contributed by atoms with Gasteiger partial charge in [0, 0.05) is 37.0 Å². The van der Waals surface area contributed by atoms with Crippen molar-refractivity contribution in [2.24, 2.45) is 28.6 Å². The summed E-state index contributed by atoms with van der Waals surface area (Å²) in [5.41, 5.74) is -1.69. The minimum Gasteiger partial charge on any atom is -0.458 e. The van der Waals surface area contributed by atoms with Gasteiger partial charge in [-0.1, -0.05) is 37.6 Å². The molecule has 174 valence electrons. The van der Waals surface area contributed by atoms with E-state index in [1.165, 1.54) is 13.8 Å². The average Bonchev–Trinajstić information content (AvgIpc) is 2.98. The Labute approximate surface area is 188 Å². The van der Waals surface area contributed by atoms with E-state index in [1.54, 1.807) is 6.08 Å². The van der Waals surface area contributed by atoms with Crippen LogP contribution in [0.25, 0.3) is 0 Å². The molecule has 0 amide bonds. The second kappa shape index (κ2) is 7.65. The van der Waals surface area contributed by atoms with Crippen LogP contribution < -0.4 is 0 Å². The fourth-order valence-corrected chi connectivity index (χ4v) is 7.35. The summed E-state index contributed by atoms with van der Waals surface area (Å²) in [4.78, 5) is 50.5. The van der Waals surface area contributed by atoms with Crippen molar-refractivity contribution >= 4 is 23.5 Å². The van der Waals surface area contributed by atoms with Crippen LogP contribution in [0.3, 0.4) is 0 Å². The Morgan fingerprint density at radius 3 is 2.53 bits per heavy atom. The van der Waals surface area contributed by atoms with Crippen LogP contribution in [0.15, 0.2) is 23.8 Å². The number of Topliss-reactive ketones (excluding diaryl/α,β-unsaturated/α-hetero) is 2. The van der Waals surface area contributed by atoms with Gasteiger partial charge < -0.3 is 14.6 Å². The molecular weight excluding hydrogens is 412 g/mol. The van der Waals surface area contributed by atoms with Crippen LogP contribution in [0.5, 0.6) is 0 Å². The molecular formula is C25H32O7. The highest BCUT2D eigenvalue weighted by molar-refractivity contribution is 5.95. The summed E-state index contributed by atoms with van der Waals surface area (Å²) in [6.45, 7) is 5.97. The summed E-state index contributed by atoms with van der Waals surface area (Å²) < 4.78 is 10.7. The number of esters is 2. The van der Waals surface area contributed by atoms with Crippen molar-refractivity contribution in [1.82, 2.24) is 0 Å². The Kier molecular flexibility index (Phi) is 5.47. The molecule has 0 radical (unpaired) electrons. The van der Waals surface area contributed by atoms with Crippen LogP contribution in [0, 0.1) is 28.6 Å². The molecule has 0 aromatic heterocycles. The Hall–Kier alpha value is -2.28. The van der Waals surface area contributed by atoms with Gasteiger partial charge in [0.1, 0.15) is 5.78 Å². The first-order chi connectivity index (χ1) is 14.9. The zero-order valence-corrected chi connectivity index (χ0v) is 19.2. The van der Waals surface area contributed by atoms with E-state index in [0.717, 1.165) is 18.4 Å². The molecule has 4 aliphatic carbocycles. The molecule has 7 atom stereocenters. The Balaban J connectivity index is 1.73. The van der Waals surface area contributed by atoms with Crippen LogP contribution >= 0.6 is 0 Å². The molecule has 3 saturated carbocycles. The van der Waals surface area contributed by atoms with Crippen molar-refractivity contribution in [1.29, 1.82) is 0 Å². The van der Waals surface area contributed by atoms with Crippen LogP contribution in [-0.2, 0) is 28.7 Å². The number of hydrogen-bond donors (Lipinski definition) is 1. The first-order valence-corrected chi connectivity index (χ1v) is 11.4. The zero-order chi connectivity index (χ0) is 23.5. The van der Waals surface area contributed by atoms with E-state index in [9.17, 15) is 24.3 Å². The highest BCUT2D eigenvalue weighted by Gasteiger charge is 2.70. The number of aliphatic hydroxyl groups is 1.